The second kappa shape index (κ2) is 4.86. The second-order valence-corrected chi connectivity index (χ2v) is 3.71. The Balaban J connectivity index is 2.55. The van der Waals surface area contributed by atoms with Crippen LogP contribution in [-0.4, -0.2) is 13.1 Å². The van der Waals surface area contributed by atoms with Crippen LogP contribution < -0.4 is 0 Å². The van der Waals surface area contributed by atoms with Crippen LogP contribution in [0.25, 0.3) is 0 Å². The minimum absolute atomic E-state index is 0.271. The Bertz CT molecular complexity index is 199. The highest BCUT2D eigenvalue weighted by Gasteiger charge is 2.31. The molecule has 1 aliphatic rings. The number of hydrogen-bond acceptors (Lipinski definition) is 3. The third-order valence-corrected chi connectivity index (χ3v) is 2.73. The molecule has 0 atom stereocenters. The van der Waals surface area contributed by atoms with E-state index in [1.54, 1.807) is 0 Å². The minimum atomic E-state index is -0.391. The van der Waals surface area contributed by atoms with Crippen LogP contribution in [0.15, 0.2) is 0 Å². The topological polar surface area (TPSA) is 50.1 Å². The normalized spacial score (nSPS) is 21.2. The molecule has 1 saturated carbocycles. The smallest absolute Gasteiger partial charge is 0.293 e. The first-order valence-corrected chi connectivity index (χ1v) is 4.79. The highest BCUT2D eigenvalue weighted by molar-refractivity contribution is 5.37. The fourth-order valence-electron chi connectivity index (χ4n) is 1.89. The molecule has 0 amide bonds. The lowest BCUT2D eigenvalue weighted by atomic mass is 9.83. The van der Waals surface area contributed by atoms with Crippen LogP contribution in [0.5, 0.6) is 0 Å². The van der Waals surface area contributed by atoms with Gasteiger partial charge in [0.15, 0.2) is 0 Å². The molecule has 0 saturated heterocycles. The molecule has 0 aliphatic heterocycles. The highest BCUT2D eigenvalue weighted by atomic mass is 16.5. The van der Waals surface area contributed by atoms with Crippen LogP contribution in [0.2, 0.25) is 0 Å². The van der Waals surface area contributed by atoms with E-state index in [-0.39, 0.29) is 6.61 Å². The van der Waals surface area contributed by atoms with Crippen molar-refractivity contribution in [1.82, 2.24) is 0 Å². The summed E-state index contributed by atoms with van der Waals surface area (Å²) in [6.45, 7) is 0.705. The number of nitrogens with zero attached hydrogens (tertiary/aromatic N) is 1. The summed E-state index contributed by atoms with van der Waals surface area (Å²) in [5.74, 6) is 0. The zero-order valence-corrected chi connectivity index (χ0v) is 7.79. The zero-order valence-electron chi connectivity index (χ0n) is 7.79. The van der Waals surface area contributed by atoms with Gasteiger partial charge in [0.2, 0.25) is 0 Å². The van der Waals surface area contributed by atoms with Crippen molar-refractivity contribution < 1.29 is 9.53 Å². The third kappa shape index (κ3) is 2.73. The SMILES string of the molecule is N#CC1(COC=O)CCCCCC1. The Hall–Kier alpha value is -1.04. The van der Waals surface area contributed by atoms with Gasteiger partial charge in [-0.05, 0) is 12.8 Å². The maximum atomic E-state index is 10.1. The highest BCUT2D eigenvalue weighted by Crippen LogP contribution is 2.34. The molecule has 0 N–H and O–H groups in total. The number of rotatable bonds is 3. The number of carbonyl (C=O) groups is 1. The van der Waals surface area contributed by atoms with Crippen molar-refractivity contribution in [3.63, 3.8) is 0 Å². The van der Waals surface area contributed by atoms with Gasteiger partial charge in [-0.15, -0.1) is 0 Å². The van der Waals surface area contributed by atoms with Crippen molar-refractivity contribution in [1.29, 1.82) is 5.26 Å². The van der Waals surface area contributed by atoms with Crippen molar-refractivity contribution >= 4 is 6.47 Å². The molecule has 3 heteroatoms. The predicted octanol–water partition coefficient (Wildman–Crippen LogP) is 2.02. The lowest BCUT2D eigenvalue weighted by Gasteiger charge is -2.22. The van der Waals surface area contributed by atoms with E-state index in [4.69, 9.17) is 10.00 Å². The monoisotopic (exact) mass is 181 g/mol. The second-order valence-electron chi connectivity index (χ2n) is 3.71. The van der Waals surface area contributed by atoms with Crippen LogP contribution in [-0.2, 0) is 9.53 Å². The van der Waals surface area contributed by atoms with Crippen molar-refractivity contribution in [2.24, 2.45) is 5.41 Å². The summed E-state index contributed by atoms with van der Waals surface area (Å²) in [6, 6.07) is 2.31. The van der Waals surface area contributed by atoms with Crippen LogP contribution in [0.4, 0.5) is 0 Å². The van der Waals surface area contributed by atoms with Crippen LogP contribution >= 0.6 is 0 Å². The molecule has 13 heavy (non-hydrogen) atoms. The van der Waals surface area contributed by atoms with Crippen molar-refractivity contribution in [2.45, 2.75) is 38.5 Å². The van der Waals surface area contributed by atoms with Crippen molar-refractivity contribution in [3.8, 4) is 6.07 Å². The molecule has 0 unspecified atom stereocenters. The molecule has 1 fully saturated rings. The molecule has 0 aromatic carbocycles. The summed E-state index contributed by atoms with van der Waals surface area (Å²) in [5, 5.41) is 9.05. The summed E-state index contributed by atoms with van der Waals surface area (Å²) in [4.78, 5) is 10.1. The van der Waals surface area contributed by atoms with Gasteiger partial charge in [0.1, 0.15) is 6.61 Å². The first kappa shape index (κ1) is 10.0. The van der Waals surface area contributed by atoms with Crippen LogP contribution in [0, 0.1) is 16.7 Å². The Morgan fingerprint density at radius 2 is 1.92 bits per heavy atom. The molecule has 0 bridgehead atoms. The van der Waals surface area contributed by atoms with Gasteiger partial charge in [-0.3, -0.25) is 4.79 Å². The summed E-state index contributed by atoms with van der Waals surface area (Å²) in [5.41, 5.74) is -0.391. The summed E-state index contributed by atoms with van der Waals surface area (Å²) in [6.07, 6.45) is 6.30. The molecule has 72 valence electrons. The molecule has 0 heterocycles. The predicted molar refractivity (Wildman–Crippen MR) is 47.8 cm³/mol. The van der Waals surface area contributed by atoms with Crippen LogP contribution in [0.3, 0.4) is 0 Å². The minimum Gasteiger partial charge on any atom is -0.466 e. The van der Waals surface area contributed by atoms with Gasteiger partial charge in [-0.2, -0.15) is 5.26 Å². The number of carbonyl (C=O) groups excluding carboxylic acids is 1. The summed E-state index contributed by atoms with van der Waals surface area (Å²) < 4.78 is 4.72. The molecular weight excluding hydrogens is 166 g/mol. The first-order valence-electron chi connectivity index (χ1n) is 4.79. The molecule has 3 nitrogen and oxygen atoms in total. The molecule has 1 aliphatic carbocycles. The van der Waals surface area contributed by atoms with Crippen LogP contribution in [0.1, 0.15) is 38.5 Å². The number of nitriles is 1. The summed E-state index contributed by atoms with van der Waals surface area (Å²) in [7, 11) is 0. The van der Waals surface area contributed by atoms with Gasteiger partial charge in [-0.25, -0.2) is 0 Å². The quantitative estimate of drug-likeness (QED) is 0.494. The fourth-order valence-corrected chi connectivity index (χ4v) is 1.89. The van der Waals surface area contributed by atoms with E-state index in [9.17, 15) is 4.79 Å². The van der Waals surface area contributed by atoms with Crippen molar-refractivity contribution in [3.05, 3.63) is 0 Å². The molecule has 0 aromatic heterocycles. The van der Waals surface area contributed by atoms with Gasteiger partial charge >= 0.3 is 0 Å². The van der Waals surface area contributed by atoms with Gasteiger partial charge in [0.05, 0.1) is 11.5 Å². The Kier molecular flexibility index (Phi) is 3.75. The maximum absolute atomic E-state index is 10.1. The molecular formula is C10H15NO2. The van der Waals surface area contributed by atoms with E-state index in [0.29, 0.717) is 6.47 Å². The largest absolute Gasteiger partial charge is 0.466 e. The number of hydrogen-bond donors (Lipinski definition) is 0. The number of ether oxygens (including phenoxy) is 1. The van der Waals surface area contributed by atoms with E-state index in [0.717, 1.165) is 25.7 Å². The molecule has 0 spiro atoms. The standard InChI is InChI=1S/C10H15NO2/c11-7-10(8-13-9-12)5-3-1-2-4-6-10/h9H,1-6,8H2. The van der Waals surface area contributed by atoms with E-state index in [1.807, 2.05) is 0 Å². The zero-order chi connectivity index (χ0) is 9.57. The Morgan fingerprint density at radius 1 is 1.31 bits per heavy atom. The molecule has 1 rings (SSSR count). The third-order valence-electron chi connectivity index (χ3n) is 2.73. The maximum Gasteiger partial charge on any atom is 0.293 e. The Morgan fingerprint density at radius 3 is 2.38 bits per heavy atom. The first-order chi connectivity index (χ1) is 6.33. The van der Waals surface area contributed by atoms with E-state index in [2.05, 4.69) is 6.07 Å². The average Bonchev–Trinajstić information content (AvgIpc) is 2.41. The molecule has 0 radical (unpaired) electrons. The van der Waals surface area contributed by atoms with E-state index < -0.39 is 5.41 Å². The van der Waals surface area contributed by atoms with Gasteiger partial charge in [-0.1, -0.05) is 25.7 Å². The summed E-state index contributed by atoms with van der Waals surface area (Å²) >= 11 is 0. The average molecular weight is 181 g/mol. The van der Waals surface area contributed by atoms with E-state index >= 15 is 0 Å². The van der Waals surface area contributed by atoms with Gasteiger partial charge in [0.25, 0.3) is 6.47 Å². The van der Waals surface area contributed by atoms with Gasteiger partial charge < -0.3 is 4.74 Å². The fraction of sp³-hybridized carbons (Fsp3) is 0.800. The van der Waals surface area contributed by atoms with E-state index in [1.165, 1.54) is 12.8 Å². The lowest BCUT2D eigenvalue weighted by molar-refractivity contribution is -0.131. The Labute approximate surface area is 78.7 Å². The lowest BCUT2D eigenvalue weighted by Crippen LogP contribution is -2.24. The van der Waals surface area contributed by atoms with Gasteiger partial charge in [0, 0.05) is 0 Å². The molecule has 0 aromatic rings. The van der Waals surface area contributed by atoms with Crippen molar-refractivity contribution in [2.75, 3.05) is 6.61 Å².